The summed E-state index contributed by atoms with van der Waals surface area (Å²) >= 11 is 0. The predicted molar refractivity (Wildman–Crippen MR) is 85.6 cm³/mol. The minimum atomic E-state index is -0.0248. The molecule has 0 saturated carbocycles. The molecule has 110 valence electrons. The molecule has 0 saturated heterocycles. The van der Waals surface area contributed by atoms with E-state index in [0.29, 0.717) is 30.1 Å². The highest BCUT2D eigenvalue weighted by atomic mass is 16.5. The van der Waals surface area contributed by atoms with E-state index in [9.17, 15) is 4.79 Å². The molecule has 22 heavy (non-hydrogen) atoms. The molecular weight excluding hydrogens is 278 g/mol. The topological polar surface area (TPSA) is 51.3 Å². The molecule has 1 aromatic heterocycles. The van der Waals surface area contributed by atoms with Gasteiger partial charge >= 0.3 is 0 Å². The van der Waals surface area contributed by atoms with Crippen molar-refractivity contribution in [2.24, 2.45) is 0 Å². The predicted octanol–water partition coefficient (Wildman–Crippen LogP) is 3.36. The van der Waals surface area contributed by atoms with Crippen molar-refractivity contribution in [2.75, 3.05) is 13.2 Å². The lowest BCUT2D eigenvalue weighted by Crippen LogP contribution is -2.04. The van der Waals surface area contributed by atoms with Gasteiger partial charge in [0, 0.05) is 29.6 Å². The number of hydrogen-bond acceptors (Lipinski definition) is 3. The van der Waals surface area contributed by atoms with Gasteiger partial charge in [-0.3, -0.25) is 4.79 Å². The van der Waals surface area contributed by atoms with Gasteiger partial charge < -0.3 is 14.5 Å². The van der Waals surface area contributed by atoms with Crippen LogP contribution in [0.25, 0.3) is 22.2 Å². The van der Waals surface area contributed by atoms with Crippen molar-refractivity contribution in [1.82, 2.24) is 4.98 Å². The first kappa shape index (κ1) is 13.0. The number of hydrogen-bond donors (Lipinski definition) is 1. The lowest BCUT2D eigenvalue weighted by atomic mass is 10.1. The fourth-order valence-electron chi connectivity index (χ4n) is 2.68. The lowest BCUT2D eigenvalue weighted by Gasteiger charge is -2.10. The molecule has 0 unspecified atom stereocenters. The summed E-state index contributed by atoms with van der Waals surface area (Å²) in [5, 5.41) is 0.615. The van der Waals surface area contributed by atoms with E-state index in [0.717, 1.165) is 23.2 Å². The number of aromatic amines is 1. The van der Waals surface area contributed by atoms with Crippen LogP contribution < -0.4 is 14.9 Å². The molecular formula is C18H15NO3. The van der Waals surface area contributed by atoms with Crippen molar-refractivity contribution in [3.05, 3.63) is 58.8 Å². The van der Waals surface area contributed by atoms with E-state index < -0.39 is 0 Å². The second-order valence-electron chi connectivity index (χ2n) is 5.31. The van der Waals surface area contributed by atoms with Crippen LogP contribution in [0.15, 0.2) is 53.3 Å². The Bertz CT molecular complexity index is 884. The Balaban J connectivity index is 1.92. The molecule has 1 N–H and O–H groups in total. The molecule has 3 aromatic rings. The first-order valence-corrected chi connectivity index (χ1v) is 7.33. The fraction of sp³-hybridized carbons (Fsp3) is 0.167. The Morgan fingerprint density at radius 2 is 1.64 bits per heavy atom. The standard InChI is InChI=1S/C18H15NO3/c20-16-10-14(12-5-2-1-3-6-12)19-15-11-18-17(9-13(15)16)21-7-4-8-22-18/h1-3,5-6,9-11H,4,7-8H2,(H,19,20). The first-order valence-electron chi connectivity index (χ1n) is 7.33. The molecule has 1 aliphatic heterocycles. The van der Waals surface area contributed by atoms with Crippen molar-refractivity contribution in [1.29, 1.82) is 0 Å². The smallest absolute Gasteiger partial charge is 0.190 e. The monoisotopic (exact) mass is 293 g/mol. The van der Waals surface area contributed by atoms with E-state index in [2.05, 4.69) is 4.98 Å². The minimum absolute atomic E-state index is 0.0248. The Morgan fingerprint density at radius 3 is 2.41 bits per heavy atom. The van der Waals surface area contributed by atoms with E-state index in [4.69, 9.17) is 9.47 Å². The van der Waals surface area contributed by atoms with Gasteiger partial charge in [-0.05, 0) is 11.6 Å². The SMILES string of the molecule is O=c1cc(-c2ccccc2)[nH]c2cc3c(cc12)OCCCO3. The molecule has 1 aliphatic rings. The quantitative estimate of drug-likeness (QED) is 0.748. The summed E-state index contributed by atoms with van der Waals surface area (Å²) in [5.41, 5.74) is 2.51. The van der Waals surface area contributed by atoms with Gasteiger partial charge in [-0.15, -0.1) is 0 Å². The Morgan fingerprint density at radius 1 is 0.909 bits per heavy atom. The van der Waals surface area contributed by atoms with Crippen LogP contribution in [0.3, 0.4) is 0 Å². The molecule has 4 nitrogen and oxygen atoms in total. The third-order valence-corrected chi connectivity index (χ3v) is 3.78. The number of H-pyrrole nitrogens is 1. The maximum Gasteiger partial charge on any atom is 0.190 e. The molecule has 0 aliphatic carbocycles. The minimum Gasteiger partial charge on any atom is -0.490 e. The lowest BCUT2D eigenvalue weighted by molar-refractivity contribution is 0.297. The summed E-state index contributed by atoms with van der Waals surface area (Å²) in [6.07, 6.45) is 0.842. The highest BCUT2D eigenvalue weighted by Crippen LogP contribution is 2.33. The van der Waals surface area contributed by atoms with Crippen LogP contribution in [-0.4, -0.2) is 18.2 Å². The zero-order valence-electron chi connectivity index (χ0n) is 12.0. The summed E-state index contributed by atoms with van der Waals surface area (Å²) in [6.45, 7) is 1.24. The van der Waals surface area contributed by atoms with Gasteiger partial charge in [0.1, 0.15) is 0 Å². The zero-order valence-corrected chi connectivity index (χ0v) is 12.0. The highest BCUT2D eigenvalue weighted by molar-refractivity contribution is 5.85. The van der Waals surface area contributed by atoms with E-state index in [1.807, 2.05) is 36.4 Å². The normalized spacial score (nSPS) is 13.8. The van der Waals surface area contributed by atoms with E-state index in [1.54, 1.807) is 12.1 Å². The third-order valence-electron chi connectivity index (χ3n) is 3.78. The number of rotatable bonds is 1. The van der Waals surface area contributed by atoms with Crippen LogP contribution in [0.1, 0.15) is 6.42 Å². The summed E-state index contributed by atoms with van der Waals surface area (Å²) in [5.74, 6) is 1.33. The van der Waals surface area contributed by atoms with Crippen LogP contribution in [0, 0.1) is 0 Å². The Hall–Kier alpha value is -2.75. The Labute approximate surface area is 127 Å². The van der Waals surface area contributed by atoms with Gasteiger partial charge in [0.15, 0.2) is 16.9 Å². The third kappa shape index (κ3) is 2.22. The first-order chi connectivity index (χ1) is 10.8. The van der Waals surface area contributed by atoms with Crippen molar-refractivity contribution >= 4 is 10.9 Å². The molecule has 4 rings (SSSR count). The van der Waals surface area contributed by atoms with Crippen molar-refractivity contribution in [3.8, 4) is 22.8 Å². The maximum absolute atomic E-state index is 12.4. The molecule has 0 atom stereocenters. The van der Waals surface area contributed by atoms with Crippen molar-refractivity contribution in [3.63, 3.8) is 0 Å². The number of ether oxygens (including phenoxy) is 2. The molecule has 0 amide bonds. The fourth-order valence-corrected chi connectivity index (χ4v) is 2.68. The highest BCUT2D eigenvalue weighted by Gasteiger charge is 2.14. The van der Waals surface area contributed by atoms with E-state index >= 15 is 0 Å². The molecule has 4 heteroatoms. The van der Waals surface area contributed by atoms with Gasteiger partial charge in [0.25, 0.3) is 0 Å². The van der Waals surface area contributed by atoms with Crippen molar-refractivity contribution < 1.29 is 9.47 Å². The van der Waals surface area contributed by atoms with Crippen LogP contribution in [0.2, 0.25) is 0 Å². The second-order valence-corrected chi connectivity index (χ2v) is 5.31. The zero-order chi connectivity index (χ0) is 14.9. The molecule has 0 spiro atoms. The number of fused-ring (bicyclic) bond motifs is 2. The van der Waals surface area contributed by atoms with Crippen LogP contribution in [0.4, 0.5) is 0 Å². The number of pyridine rings is 1. The van der Waals surface area contributed by atoms with Gasteiger partial charge in [0.2, 0.25) is 0 Å². The van der Waals surface area contributed by atoms with E-state index in [1.165, 1.54) is 0 Å². The summed E-state index contributed by atoms with van der Waals surface area (Å²) < 4.78 is 11.3. The molecule has 0 fully saturated rings. The largest absolute Gasteiger partial charge is 0.490 e. The van der Waals surface area contributed by atoms with Crippen molar-refractivity contribution in [2.45, 2.75) is 6.42 Å². The van der Waals surface area contributed by atoms with Gasteiger partial charge in [-0.25, -0.2) is 0 Å². The molecule has 2 heterocycles. The number of benzene rings is 2. The summed E-state index contributed by atoms with van der Waals surface area (Å²) in [4.78, 5) is 15.7. The molecule has 0 bridgehead atoms. The van der Waals surface area contributed by atoms with Crippen LogP contribution in [0.5, 0.6) is 11.5 Å². The molecule has 2 aromatic carbocycles. The average Bonchev–Trinajstić information content (AvgIpc) is 2.79. The maximum atomic E-state index is 12.4. The van der Waals surface area contributed by atoms with Crippen LogP contribution >= 0.6 is 0 Å². The van der Waals surface area contributed by atoms with E-state index in [-0.39, 0.29) is 5.43 Å². The number of nitrogens with one attached hydrogen (secondary N) is 1. The average molecular weight is 293 g/mol. The van der Waals surface area contributed by atoms with Gasteiger partial charge in [-0.1, -0.05) is 30.3 Å². The second kappa shape index (κ2) is 5.22. The van der Waals surface area contributed by atoms with Gasteiger partial charge in [0.05, 0.1) is 18.7 Å². The summed E-state index contributed by atoms with van der Waals surface area (Å²) in [7, 11) is 0. The number of aromatic nitrogens is 1. The Kier molecular flexibility index (Phi) is 3.07. The van der Waals surface area contributed by atoms with Crippen LogP contribution in [-0.2, 0) is 0 Å². The molecule has 0 radical (unpaired) electrons. The summed E-state index contributed by atoms with van der Waals surface area (Å²) in [6, 6.07) is 15.0. The van der Waals surface area contributed by atoms with Gasteiger partial charge in [-0.2, -0.15) is 0 Å².